The first-order valence-electron chi connectivity index (χ1n) is 9.30. The molecule has 0 unspecified atom stereocenters. The molecule has 0 bridgehead atoms. The highest BCUT2D eigenvalue weighted by atomic mass is 35.5. The van der Waals surface area contributed by atoms with Crippen molar-refractivity contribution in [1.82, 2.24) is 0 Å². The summed E-state index contributed by atoms with van der Waals surface area (Å²) in [5.74, 6) is -1.28. The fourth-order valence-corrected chi connectivity index (χ4v) is 4.76. The van der Waals surface area contributed by atoms with Crippen molar-refractivity contribution in [3.8, 4) is 11.5 Å². The van der Waals surface area contributed by atoms with Crippen molar-refractivity contribution in [3.63, 3.8) is 0 Å². The van der Waals surface area contributed by atoms with Crippen molar-refractivity contribution >= 4 is 23.2 Å². The summed E-state index contributed by atoms with van der Waals surface area (Å²) in [5.41, 5.74) is -0.472. The Kier molecular flexibility index (Phi) is 4.76. The summed E-state index contributed by atoms with van der Waals surface area (Å²) in [5, 5.41) is -0.771. The molecule has 1 aliphatic carbocycles. The minimum absolute atomic E-state index is 0.0490. The number of amides is 1. The van der Waals surface area contributed by atoms with Gasteiger partial charge in [0.25, 0.3) is 0 Å². The van der Waals surface area contributed by atoms with Gasteiger partial charge in [-0.05, 0) is 36.6 Å². The topological polar surface area (TPSA) is 29.5 Å². The van der Waals surface area contributed by atoms with Crippen LogP contribution in [-0.4, -0.2) is 13.0 Å². The lowest BCUT2D eigenvalue weighted by atomic mass is 9.70. The molecular weight excluding hydrogens is 410 g/mol. The molecule has 4 rings (SSSR count). The van der Waals surface area contributed by atoms with Crippen molar-refractivity contribution in [3.05, 3.63) is 52.3 Å². The van der Waals surface area contributed by atoms with E-state index in [1.54, 1.807) is 30.1 Å². The fraction of sp³-hybridized carbons (Fsp3) is 0.381. The van der Waals surface area contributed by atoms with Gasteiger partial charge in [-0.25, -0.2) is 4.39 Å². The van der Waals surface area contributed by atoms with Crippen LogP contribution in [0.15, 0.2) is 30.3 Å². The normalized spacial score (nSPS) is 18.3. The molecule has 0 saturated heterocycles. The molecule has 1 spiro atoms. The lowest BCUT2D eigenvalue weighted by Crippen LogP contribution is -2.40. The molecule has 1 fully saturated rings. The second kappa shape index (κ2) is 6.90. The van der Waals surface area contributed by atoms with Gasteiger partial charge in [0.2, 0.25) is 5.91 Å². The van der Waals surface area contributed by atoms with Gasteiger partial charge in [-0.2, -0.15) is 13.2 Å². The van der Waals surface area contributed by atoms with E-state index in [1.807, 2.05) is 0 Å². The number of benzene rings is 2. The molecule has 2 aliphatic rings. The Labute approximate surface area is 170 Å². The number of hydrogen-bond donors (Lipinski definition) is 0. The molecule has 1 amide bonds. The minimum atomic E-state index is -4.90. The summed E-state index contributed by atoms with van der Waals surface area (Å²) < 4.78 is 58.3. The summed E-state index contributed by atoms with van der Waals surface area (Å²) in [6.45, 7) is 0. The Balaban J connectivity index is 1.70. The van der Waals surface area contributed by atoms with Crippen LogP contribution in [0.3, 0.4) is 0 Å². The van der Waals surface area contributed by atoms with E-state index in [4.69, 9.17) is 16.3 Å². The van der Waals surface area contributed by atoms with Gasteiger partial charge < -0.3 is 9.64 Å². The molecular formula is C21H18ClF4NO2. The maximum Gasteiger partial charge on any atom is 0.420 e. The smallest absolute Gasteiger partial charge is 0.420 e. The zero-order valence-electron chi connectivity index (χ0n) is 15.6. The second-order valence-corrected chi connectivity index (χ2v) is 7.95. The van der Waals surface area contributed by atoms with Crippen molar-refractivity contribution in [2.75, 3.05) is 11.9 Å². The van der Waals surface area contributed by atoms with Gasteiger partial charge in [-0.3, -0.25) is 4.79 Å². The van der Waals surface area contributed by atoms with Crippen LogP contribution in [0, 0.1) is 5.82 Å². The number of rotatable bonds is 2. The molecule has 3 nitrogen and oxygen atoms in total. The quantitative estimate of drug-likeness (QED) is 0.514. The molecule has 154 valence electrons. The Morgan fingerprint density at radius 1 is 1.07 bits per heavy atom. The number of likely N-dealkylation sites (N-methyl/N-ethyl adjacent to an activating group) is 1. The number of nitrogens with zero attached hydrogens (tertiary/aromatic N) is 1. The highest BCUT2D eigenvalue weighted by molar-refractivity contribution is 6.31. The Morgan fingerprint density at radius 3 is 2.38 bits per heavy atom. The van der Waals surface area contributed by atoms with Gasteiger partial charge in [0.15, 0.2) is 0 Å². The predicted octanol–water partition coefficient (Wildman–Crippen LogP) is 6.47. The molecule has 2 aromatic carbocycles. The third kappa shape index (κ3) is 3.25. The lowest BCUT2D eigenvalue weighted by molar-refractivity contribution is -0.139. The van der Waals surface area contributed by atoms with E-state index in [9.17, 15) is 22.4 Å². The van der Waals surface area contributed by atoms with E-state index in [-0.39, 0.29) is 11.7 Å². The summed E-state index contributed by atoms with van der Waals surface area (Å²) in [6, 6.07) is 6.68. The highest BCUT2D eigenvalue weighted by Gasteiger charge is 2.50. The van der Waals surface area contributed by atoms with Crippen molar-refractivity contribution in [1.29, 1.82) is 0 Å². The third-order valence-electron chi connectivity index (χ3n) is 5.80. The number of carbonyl (C=O) groups excluding carboxylic acids is 1. The maximum absolute atomic E-state index is 14.0. The fourth-order valence-electron chi connectivity index (χ4n) is 4.45. The number of halogens is 5. The van der Waals surface area contributed by atoms with Crippen molar-refractivity contribution < 1.29 is 27.1 Å². The first-order valence-corrected chi connectivity index (χ1v) is 9.68. The van der Waals surface area contributed by atoms with Crippen LogP contribution in [0.5, 0.6) is 11.5 Å². The van der Waals surface area contributed by atoms with Crippen LogP contribution in [0.1, 0.15) is 43.2 Å². The maximum atomic E-state index is 14.0. The van der Waals surface area contributed by atoms with Crippen LogP contribution in [0.2, 0.25) is 5.02 Å². The summed E-state index contributed by atoms with van der Waals surface area (Å²) >= 11 is 5.64. The lowest BCUT2D eigenvalue weighted by Gasteiger charge is -2.32. The zero-order valence-corrected chi connectivity index (χ0v) is 16.3. The van der Waals surface area contributed by atoms with Gasteiger partial charge >= 0.3 is 6.18 Å². The molecule has 1 heterocycles. The number of carbonyl (C=O) groups is 1. The van der Waals surface area contributed by atoms with Gasteiger partial charge in [0.05, 0.1) is 10.4 Å². The molecule has 0 atom stereocenters. The van der Waals surface area contributed by atoms with E-state index >= 15 is 0 Å². The number of fused-ring (bicyclic) bond motifs is 2. The number of alkyl halides is 3. The molecule has 2 aromatic rings. The predicted molar refractivity (Wildman–Crippen MR) is 101 cm³/mol. The number of hydrogen-bond acceptors (Lipinski definition) is 2. The second-order valence-electron chi connectivity index (χ2n) is 7.55. The average Bonchev–Trinajstić information content (AvgIpc) is 2.83. The van der Waals surface area contributed by atoms with E-state index in [0.29, 0.717) is 11.8 Å². The monoisotopic (exact) mass is 427 g/mol. The Bertz CT molecular complexity index is 960. The number of anilines is 1. The molecule has 8 heteroatoms. The van der Waals surface area contributed by atoms with Crippen LogP contribution in [0.4, 0.5) is 23.2 Å². The molecule has 0 N–H and O–H groups in total. The van der Waals surface area contributed by atoms with Gasteiger partial charge in [0, 0.05) is 24.9 Å². The summed E-state index contributed by atoms with van der Waals surface area (Å²) in [6.07, 6.45) is -0.437. The van der Waals surface area contributed by atoms with Crippen LogP contribution in [0.25, 0.3) is 0 Å². The van der Waals surface area contributed by atoms with Crippen LogP contribution < -0.4 is 9.64 Å². The highest BCUT2D eigenvalue weighted by Crippen LogP contribution is 2.51. The summed E-state index contributed by atoms with van der Waals surface area (Å²) in [4.78, 5) is 14.6. The van der Waals surface area contributed by atoms with Crippen LogP contribution in [-0.2, 0) is 16.4 Å². The molecule has 1 aliphatic heterocycles. The zero-order chi connectivity index (χ0) is 21.0. The molecule has 0 radical (unpaired) electrons. The molecule has 1 saturated carbocycles. The molecule has 0 aromatic heterocycles. The van der Waals surface area contributed by atoms with Gasteiger partial charge in [0.1, 0.15) is 22.9 Å². The van der Waals surface area contributed by atoms with E-state index in [1.165, 1.54) is 0 Å². The van der Waals surface area contributed by atoms with Crippen LogP contribution >= 0.6 is 11.6 Å². The van der Waals surface area contributed by atoms with E-state index < -0.39 is 28.0 Å². The number of ether oxygens (including phenoxy) is 1. The van der Waals surface area contributed by atoms with Crippen molar-refractivity contribution in [2.45, 2.75) is 43.7 Å². The molecule has 29 heavy (non-hydrogen) atoms. The first-order chi connectivity index (χ1) is 13.6. The third-order valence-corrected chi connectivity index (χ3v) is 6.10. The Hall–Kier alpha value is -2.28. The average molecular weight is 428 g/mol. The standard InChI is InChI=1S/C21H18ClF4NO2/c1-27-17-6-5-12(9-14(17)20(19(27)28)7-3-2-4-8-20)29-13-10-15(22)18(16(23)11-13)21(24,25)26/h5-6,9-11H,2-4,7-8H2,1H3. The van der Waals surface area contributed by atoms with Gasteiger partial charge in [-0.1, -0.05) is 30.9 Å². The summed E-state index contributed by atoms with van der Waals surface area (Å²) in [7, 11) is 1.73. The van der Waals surface area contributed by atoms with E-state index in [0.717, 1.165) is 49.4 Å². The van der Waals surface area contributed by atoms with E-state index in [2.05, 4.69) is 0 Å². The SMILES string of the molecule is CN1C(=O)C2(CCCCC2)c2cc(Oc3cc(F)c(C(F)(F)F)c(Cl)c3)ccc21. The first kappa shape index (κ1) is 20.0. The van der Waals surface area contributed by atoms with Crippen molar-refractivity contribution in [2.24, 2.45) is 0 Å². The Morgan fingerprint density at radius 2 is 1.76 bits per heavy atom. The largest absolute Gasteiger partial charge is 0.457 e. The van der Waals surface area contributed by atoms with Gasteiger partial charge in [-0.15, -0.1) is 0 Å². The minimum Gasteiger partial charge on any atom is -0.457 e.